The molecule has 4 aromatic heterocycles. The molecule has 4 heterocycles. The molecule has 200 valence electrons. The summed E-state index contributed by atoms with van der Waals surface area (Å²) in [5.41, 5.74) is 10.9. The maximum Gasteiger partial charge on any atom is 0.0803 e. The van der Waals surface area contributed by atoms with Crippen LogP contribution >= 0.6 is 0 Å². The number of hydrogen-bond donors (Lipinski definition) is 0. The Kier molecular flexibility index (Phi) is 4.45. The molecule has 0 aliphatic rings. The molecule has 3 heteroatoms. The number of fused-ring (bicyclic) bond motifs is 13. The van der Waals surface area contributed by atoms with Gasteiger partial charge in [-0.05, 0) is 54.6 Å². The van der Waals surface area contributed by atoms with Gasteiger partial charge in [0.25, 0.3) is 0 Å². The standard InChI is InChI=1S/C40H25N3/c1-2-13-27(14-3-1)41-35-20-10-7-16-30(35)33-25-28(22-23-37(33)41)42-36-21-11-8-18-32(36)40-39(42)31-17-6-5-15-29(31)38-24-26-12-4-9-19-34(26)43(38)40/h1-25H. The highest BCUT2D eigenvalue weighted by atomic mass is 15.0. The van der Waals surface area contributed by atoms with E-state index < -0.39 is 0 Å². The summed E-state index contributed by atoms with van der Waals surface area (Å²) in [7, 11) is 0. The largest absolute Gasteiger partial charge is 0.309 e. The first-order valence-corrected chi connectivity index (χ1v) is 14.8. The lowest BCUT2D eigenvalue weighted by Gasteiger charge is -2.13. The van der Waals surface area contributed by atoms with Crippen LogP contribution in [0, 0.1) is 0 Å². The number of nitrogens with zero attached hydrogens (tertiary/aromatic N) is 3. The summed E-state index contributed by atoms with van der Waals surface area (Å²) in [6.45, 7) is 0. The predicted molar refractivity (Wildman–Crippen MR) is 181 cm³/mol. The molecule has 10 aromatic rings. The average molecular weight is 548 g/mol. The van der Waals surface area contributed by atoms with Crippen molar-refractivity contribution in [2.24, 2.45) is 0 Å². The number of hydrogen-bond acceptors (Lipinski definition) is 0. The summed E-state index contributed by atoms with van der Waals surface area (Å²) in [6.07, 6.45) is 0. The number of pyridine rings is 1. The van der Waals surface area contributed by atoms with Crippen molar-refractivity contribution in [3.8, 4) is 11.4 Å². The van der Waals surface area contributed by atoms with Crippen LogP contribution < -0.4 is 0 Å². The second-order valence-electron chi connectivity index (χ2n) is 11.4. The van der Waals surface area contributed by atoms with E-state index in [-0.39, 0.29) is 0 Å². The zero-order valence-corrected chi connectivity index (χ0v) is 23.3. The Morgan fingerprint density at radius 3 is 1.67 bits per heavy atom. The van der Waals surface area contributed by atoms with Gasteiger partial charge in [0.05, 0.1) is 38.6 Å². The van der Waals surface area contributed by atoms with Crippen LogP contribution in [0.2, 0.25) is 0 Å². The van der Waals surface area contributed by atoms with E-state index in [2.05, 4.69) is 165 Å². The predicted octanol–water partition coefficient (Wildman–Crippen LogP) is 10.4. The smallest absolute Gasteiger partial charge is 0.0803 e. The van der Waals surface area contributed by atoms with Gasteiger partial charge < -0.3 is 13.5 Å². The lowest BCUT2D eigenvalue weighted by molar-refractivity contribution is 1.17. The average Bonchev–Trinajstić information content (AvgIpc) is 3.73. The van der Waals surface area contributed by atoms with Gasteiger partial charge in [-0.25, -0.2) is 0 Å². The SMILES string of the molecule is c1ccc(-n2c3ccccc3c3cc(-n4c5ccccc5c5c4c4ccccc4c4cc6ccccc6n45)ccc32)cc1. The maximum atomic E-state index is 2.48. The number of aromatic nitrogens is 3. The quantitative estimate of drug-likeness (QED) is 0.204. The van der Waals surface area contributed by atoms with E-state index in [1.165, 1.54) is 76.6 Å². The number of benzene rings is 6. The second kappa shape index (κ2) is 8.37. The minimum absolute atomic E-state index is 1.16. The van der Waals surface area contributed by atoms with E-state index in [4.69, 9.17) is 0 Å². The molecule has 0 fully saturated rings. The summed E-state index contributed by atoms with van der Waals surface area (Å²) in [6, 6.07) is 55.2. The van der Waals surface area contributed by atoms with Crippen molar-refractivity contribution in [3.05, 3.63) is 152 Å². The van der Waals surface area contributed by atoms with E-state index in [1.807, 2.05) is 0 Å². The molecule has 3 nitrogen and oxygen atoms in total. The van der Waals surface area contributed by atoms with E-state index in [0.717, 1.165) is 5.69 Å². The zero-order valence-electron chi connectivity index (χ0n) is 23.3. The van der Waals surface area contributed by atoms with Gasteiger partial charge in [0.15, 0.2) is 0 Å². The fraction of sp³-hybridized carbons (Fsp3) is 0. The summed E-state index contributed by atoms with van der Waals surface area (Å²) in [4.78, 5) is 0. The van der Waals surface area contributed by atoms with Crippen molar-refractivity contribution >= 4 is 70.9 Å². The minimum Gasteiger partial charge on any atom is -0.309 e. The van der Waals surface area contributed by atoms with Gasteiger partial charge >= 0.3 is 0 Å². The van der Waals surface area contributed by atoms with Crippen LogP contribution in [-0.2, 0) is 0 Å². The Bertz CT molecular complexity index is 2720. The molecule has 0 bridgehead atoms. The van der Waals surface area contributed by atoms with Crippen LogP contribution in [0.25, 0.3) is 82.3 Å². The molecular weight excluding hydrogens is 522 g/mol. The fourth-order valence-corrected chi connectivity index (χ4v) is 7.43. The molecule has 0 atom stereocenters. The molecule has 0 spiro atoms. The van der Waals surface area contributed by atoms with Crippen molar-refractivity contribution in [1.29, 1.82) is 0 Å². The molecule has 0 N–H and O–H groups in total. The molecule has 0 radical (unpaired) electrons. The van der Waals surface area contributed by atoms with Crippen molar-refractivity contribution < 1.29 is 0 Å². The highest BCUT2D eigenvalue weighted by molar-refractivity contribution is 6.22. The van der Waals surface area contributed by atoms with Crippen molar-refractivity contribution in [2.45, 2.75) is 0 Å². The van der Waals surface area contributed by atoms with Gasteiger partial charge in [-0.3, -0.25) is 0 Å². The highest BCUT2D eigenvalue weighted by Crippen LogP contribution is 2.42. The first-order chi connectivity index (χ1) is 21.4. The summed E-state index contributed by atoms with van der Waals surface area (Å²) < 4.78 is 7.34. The van der Waals surface area contributed by atoms with Crippen LogP contribution in [0.3, 0.4) is 0 Å². The van der Waals surface area contributed by atoms with Crippen molar-refractivity contribution in [2.75, 3.05) is 0 Å². The van der Waals surface area contributed by atoms with Crippen LogP contribution in [0.5, 0.6) is 0 Å². The van der Waals surface area contributed by atoms with Crippen molar-refractivity contribution in [1.82, 2.24) is 13.5 Å². The lowest BCUT2D eigenvalue weighted by atomic mass is 10.1. The minimum atomic E-state index is 1.16. The Hall–Kier alpha value is -5.80. The van der Waals surface area contributed by atoms with E-state index in [1.54, 1.807) is 0 Å². The van der Waals surface area contributed by atoms with Gasteiger partial charge in [0.2, 0.25) is 0 Å². The Morgan fingerprint density at radius 2 is 0.884 bits per heavy atom. The van der Waals surface area contributed by atoms with E-state index in [0.29, 0.717) is 0 Å². The topological polar surface area (TPSA) is 14.3 Å². The van der Waals surface area contributed by atoms with E-state index >= 15 is 0 Å². The van der Waals surface area contributed by atoms with Gasteiger partial charge in [0, 0.05) is 43.7 Å². The normalized spacial score (nSPS) is 12.2. The van der Waals surface area contributed by atoms with Gasteiger partial charge in [-0.1, -0.05) is 97.1 Å². The third kappa shape index (κ3) is 2.98. The number of para-hydroxylation sites is 4. The fourth-order valence-electron chi connectivity index (χ4n) is 7.43. The molecule has 43 heavy (non-hydrogen) atoms. The van der Waals surface area contributed by atoms with Crippen LogP contribution in [0.15, 0.2) is 152 Å². The number of rotatable bonds is 2. The van der Waals surface area contributed by atoms with Gasteiger partial charge in [-0.15, -0.1) is 0 Å². The maximum absolute atomic E-state index is 2.48. The zero-order chi connectivity index (χ0) is 28.1. The lowest BCUT2D eigenvalue weighted by Crippen LogP contribution is -1.97. The molecule has 0 aliphatic carbocycles. The Morgan fingerprint density at radius 1 is 0.302 bits per heavy atom. The molecule has 0 unspecified atom stereocenters. The molecule has 0 saturated carbocycles. The molecule has 6 aromatic carbocycles. The van der Waals surface area contributed by atoms with Crippen molar-refractivity contribution in [3.63, 3.8) is 0 Å². The first-order valence-electron chi connectivity index (χ1n) is 14.8. The molecule has 0 saturated heterocycles. The highest BCUT2D eigenvalue weighted by Gasteiger charge is 2.21. The Labute approximate surface area is 247 Å². The Balaban J connectivity index is 1.40. The third-order valence-corrected chi connectivity index (χ3v) is 9.17. The van der Waals surface area contributed by atoms with Crippen LogP contribution in [0.1, 0.15) is 0 Å². The molecule has 0 amide bonds. The molecule has 0 aliphatic heterocycles. The second-order valence-corrected chi connectivity index (χ2v) is 11.4. The molecular formula is C40H25N3. The van der Waals surface area contributed by atoms with E-state index in [9.17, 15) is 0 Å². The first kappa shape index (κ1) is 22.8. The van der Waals surface area contributed by atoms with Gasteiger partial charge in [0.1, 0.15) is 0 Å². The van der Waals surface area contributed by atoms with Crippen LogP contribution in [-0.4, -0.2) is 13.5 Å². The monoisotopic (exact) mass is 547 g/mol. The third-order valence-electron chi connectivity index (χ3n) is 9.17. The van der Waals surface area contributed by atoms with Crippen LogP contribution in [0.4, 0.5) is 0 Å². The summed E-state index contributed by atoms with van der Waals surface area (Å²) in [5.74, 6) is 0. The molecule has 10 rings (SSSR count). The summed E-state index contributed by atoms with van der Waals surface area (Å²) in [5, 5.41) is 7.54. The van der Waals surface area contributed by atoms with Gasteiger partial charge in [-0.2, -0.15) is 0 Å². The summed E-state index contributed by atoms with van der Waals surface area (Å²) >= 11 is 0.